The molecule has 0 fully saturated rings. The molecule has 0 heterocycles. The SMILES string of the molecule is CC=CCCC(C(N)=O)S(C)(=O)=O. The van der Waals surface area contributed by atoms with Crippen LogP contribution in [0.3, 0.4) is 0 Å². The lowest BCUT2D eigenvalue weighted by molar-refractivity contribution is -0.117. The summed E-state index contributed by atoms with van der Waals surface area (Å²) in [7, 11) is -3.35. The van der Waals surface area contributed by atoms with Crippen LogP contribution in [0.1, 0.15) is 19.8 Å². The van der Waals surface area contributed by atoms with Crippen molar-refractivity contribution in [2.24, 2.45) is 5.73 Å². The molecule has 0 saturated heterocycles. The minimum absolute atomic E-state index is 0.262. The summed E-state index contributed by atoms with van der Waals surface area (Å²) in [4.78, 5) is 10.8. The van der Waals surface area contributed by atoms with Crippen LogP contribution in [0.25, 0.3) is 0 Å². The second-order valence-electron chi connectivity index (χ2n) is 2.87. The van der Waals surface area contributed by atoms with Crippen molar-refractivity contribution in [3.63, 3.8) is 0 Å². The lowest BCUT2D eigenvalue weighted by atomic mass is 10.2. The van der Waals surface area contributed by atoms with E-state index in [0.29, 0.717) is 6.42 Å². The first kappa shape index (κ1) is 12.2. The van der Waals surface area contributed by atoms with E-state index in [2.05, 4.69) is 0 Å². The summed E-state index contributed by atoms with van der Waals surface area (Å²) < 4.78 is 22.1. The molecule has 1 atom stereocenters. The molecule has 2 N–H and O–H groups in total. The lowest BCUT2D eigenvalue weighted by Crippen LogP contribution is -2.35. The first-order valence-corrected chi connectivity index (χ1v) is 5.94. The molecule has 1 unspecified atom stereocenters. The van der Waals surface area contributed by atoms with Crippen LogP contribution in [0.2, 0.25) is 0 Å². The Morgan fingerprint density at radius 2 is 2.08 bits per heavy atom. The molecule has 0 radical (unpaired) electrons. The van der Waals surface area contributed by atoms with Gasteiger partial charge in [0, 0.05) is 6.26 Å². The molecule has 0 aliphatic rings. The van der Waals surface area contributed by atoms with Gasteiger partial charge in [-0.25, -0.2) is 8.42 Å². The number of nitrogens with two attached hydrogens (primary N) is 1. The Bertz CT molecular complexity index is 293. The number of hydrogen-bond donors (Lipinski definition) is 1. The Morgan fingerprint density at radius 3 is 2.38 bits per heavy atom. The fourth-order valence-corrected chi connectivity index (χ4v) is 1.97. The van der Waals surface area contributed by atoms with E-state index >= 15 is 0 Å². The van der Waals surface area contributed by atoms with E-state index < -0.39 is 21.0 Å². The highest BCUT2D eigenvalue weighted by molar-refractivity contribution is 7.92. The van der Waals surface area contributed by atoms with Crippen molar-refractivity contribution in [2.75, 3.05) is 6.26 Å². The number of carbonyl (C=O) groups excluding carboxylic acids is 1. The quantitative estimate of drug-likeness (QED) is 0.653. The molecule has 0 aliphatic heterocycles. The number of carbonyl (C=O) groups is 1. The first-order chi connectivity index (χ1) is 5.89. The van der Waals surface area contributed by atoms with Crippen molar-refractivity contribution < 1.29 is 13.2 Å². The van der Waals surface area contributed by atoms with Crippen molar-refractivity contribution in [2.45, 2.75) is 25.0 Å². The van der Waals surface area contributed by atoms with Crippen molar-refractivity contribution in [3.8, 4) is 0 Å². The van der Waals surface area contributed by atoms with Gasteiger partial charge in [0.05, 0.1) is 0 Å². The summed E-state index contributed by atoms with van der Waals surface area (Å²) >= 11 is 0. The van der Waals surface area contributed by atoms with Crippen molar-refractivity contribution in [1.29, 1.82) is 0 Å². The molecule has 0 bridgehead atoms. The molecule has 0 aromatic heterocycles. The maximum absolute atomic E-state index is 11.0. The maximum Gasteiger partial charge on any atom is 0.235 e. The van der Waals surface area contributed by atoms with Crippen LogP contribution in [0.15, 0.2) is 12.2 Å². The van der Waals surface area contributed by atoms with Gasteiger partial charge >= 0.3 is 0 Å². The third-order valence-corrected chi connectivity index (χ3v) is 3.17. The highest BCUT2D eigenvalue weighted by Gasteiger charge is 2.25. The molecule has 5 heteroatoms. The van der Waals surface area contributed by atoms with Gasteiger partial charge in [0.25, 0.3) is 0 Å². The van der Waals surface area contributed by atoms with Gasteiger partial charge in [-0.15, -0.1) is 0 Å². The second kappa shape index (κ2) is 5.01. The second-order valence-corrected chi connectivity index (χ2v) is 5.10. The number of rotatable bonds is 5. The minimum Gasteiger partial charge on any atom is -0.369 e. The van der Waals surface area contributed by atoms with Gasteiger partial charge in [0.1, 0.15) is 5.25 Å². The van der Waals surface area contributed by atoms with Crippen LogP contribution in [0, 0.1) is 0 Å². The predicted octanol–water partition coefficient (Wildman–Crippen LogP) is 0.241. The fraction of sp³-hybridized carbons (Fsp3) is 0.625. The van der Waals surface area contributed by atoms with Crippen molar-refractivity contribution in [1.82, 2.24) is 0 Å². The summed E-state index contributed by atoms with van der Waals surface area (Å²) in [6, 6.07) is 0. The van der Waals surface area contributed by atoms with E-state index in [4.69, 9.17) is 5.73 Å². The van der Waals surface area contributed by atoms with Gasteiger partial charge in [0.2, 0.25) is 5.91 Å². The molecule has 0 aliphatic carbocycles. The number of primary amides is 1. The average molecular weight is 205 g/mol. The van der Waals surface area contributed by atoms with E-state index in [1.54, 1.807) is 12.2 Å². The number of amides is 1. The predicted molar refractivity (Wildman–Crippen MR) is 51.9 cm³/mol. The normalized spacial score (nSPS) is 14.6. The monoisotopic (exact) mass is 205 g/mol. The van der Waals surface area contributed by atoms with E-state index in [1.165, 1.54) is 0 Å². The van der Waals surface area contributed by atoms with Gasteiger partial charge < -0.3 is 5.73 Å². The van der Waals surface area contributed by atoms with Crippen LogP contribution in [0.4, 0.5) is 0 Å². The highest BCUT2D eigenvalue weighted by atomic mass is 32.2. The van der Waals surface area contributed by atoms with Crippen LogP contribution in [-0.2, 0) is 14.6 Å². The summed E-state index contributed by atoms with van der Waals surface area (Å²) in [6.45, 7) is 1.83. The summed E-state index contributed by atoms with van der Waals surface area (Å²) in [5, 5.41) is -1.05. The molecule has 0 aromatic rings. The van der Waals surface area contributed by atoms with Crippen molar-refractivity contribution >= 4 is 15.7 Å². The van der Waals surface area contributed by atoms with E-state index in [0.717, 1.165) is 6.26 Å². The third-order valence-electron chi connectivity index (χ3n) is 1.67. The highest BCUT2D eigenvalue weighted by Crippen LogP contribution is 2.07. The molecule has 4 nitrogen and oxygen atoms in total. The van der Waals surface area contributed by atoms with Crippen LogP contribution in [-0.4, -0.2) is 25.8 Å². The van der Waals surface area contributed by atoms with E-state index in [-0.39, 0.29) is 6.42 Å². The maximum atomic E-state index is 11.0. The number of allylic oxidation sites excluding steroid dienone is 2. The van der Waals surface area contributed by atoms with Crippen molar-refractivity contribution in [3.05, 3.63) is 12.2 Å². The summed E-state index contributed by atoms with van der Waals surface area (Å²) in [5.41, 5.74) is 4.96. The molecular formula is C8H15NO3S. The van der Waals surface area contributed by atoms with E-state index in [1.807, 2.05) is 6.92 Å². The molecule has 13 heavy (non-hydrogen) atoms. The number of hydrogen-bond acceptors (Lipinski definition) is 3. The topological polar surface area (TPSA) is 77.2 Å². The van der Waals surface area contributed by atoms with Gasteiger partial charge in [0.15, 0.2) is 9.84 Å². The largest absolute Gasteiger partial charge is 0.369 e. The zero-order valence-corrected chi connectivity index (χ0v) is 8.67. The smallest absolute Gasteiger partial charge is 0.235 e. The number of sulfone groups is 1. The lowest BCUT2D eigenvalue weighted by Gasteiger charge is -2.08. The average Bonchev–Trinajstić information content (AvgIpc) is 1.94. The molecule has 1 amide bonds. The molecular weight excluding hydrogens is 190 g/mol. The van der Waals surface area contributed by atoms with Crippen LogP contribution >= 0.6 is 0 Å². The van der Waals surface area contributed by atoms with Crippen LogP contribution in [0.5, 0.6) is 0 Å². The Hall–Kier alpha value is -0.840. The Labute approximate surface area is 78.7 Å². The fourth-order valence-electron chi connectivity index (χ4n) is 0.982. The van der Waals surface area contributed by atoms with Gasteiger partial charge in [-0.1, -0.05) is 12.2 Å². The molecule has 0 rings (SSSR count). The van der Waals surface area contributed by atoms with Gasteiger partial charge in [-0.05, 0) is 19.8 Å². The Morgan fingerprint density at radius 1 is 1.54 bits per heavy atom. The summed E-state index contributed by atoms with van der Waals surface area (Å²) in [6.07, 6.45) is 5.45. The van der Waals surface area contributed by atoms with Crippen LogP contribution < -0.4 is 5.73 Å². The Kier molecular flexibility index (Phi) is 4.69. The minimum atomic E-state index is -3.35. The molecule has 0 aromatic carbocycles. The zero-order valence-electron chi connectivity index (χ0n) is 7.86. The summed E-state index contributed by atoms with van der Waals surface area (Å²) in [5.74, 6) is -0.771. The molecule has 0 spiro atoms. The molecule has 76 valence electrons. The van der Waals surface area contributed by atoms with Gasteiger partial charge in [-0.3, -0.25) is 4.79 Å². The first-order valence-electron chi connectivity index (χ1n) is 3.99. The standard InChI is InChI=1S/C8H15NO3S/c1-3-4-5-6-7(8(9)10)13(2,11)12/h3-4,7H,5-6H2,1-2H3,(H2,9,10). The molecule has 0 saturated carbocycles. The zero-order chi connectivity index (χ0) is 10.5. The van der Waals surface area contributed by atoms with Gasteiger partial charge in [-0.2, -0.15) is 0 Å². The Balaban J connectivity index is 4.38. The van der Waals surface area contributed by atoms with E-state index in [9.17, 15) is 13.2 Å². The third kappa shape index (κ3) is 4.67.